The van der Waals surface area contributed by atoms with Crippen molar-refractivity contribution in [3.63, 3.8) is 0 Å². The molecule has 1 aliphatic rings. The Kier molecular flexibility index (Phi) is 5.62. The van der Waals surface area contributed by atoms with Crippen LogP contribution in [-0.2, 0) is 4.79 Å². The fraction of sp³-hybridized carbons (Fsp3) is 0.562. The van der Waals surface area contributed by atoms with Crippen molar-refractivity contribution >= 4 is 17.5 Å². The Bertz CT molecular complexity index is 467. The van der Waals surface area contributed by atoms with Gasteiger partial charge in [-0.3, -0.25) is 10.2 Å². The van der Waals surface area contributed by atoms with Crippen molar-refractivity contribution in [1.82, 2.24) is 15.3 Å². The van der Waals surface area contributed by atoms with Crippen molar-refractivity contribution in [2.45, 2.75) is 19.8 Å². The Morgan fingerprint density at radius 3 is 2.24 bits per heavy atom. The highest BCUT2D eigenvalue weighted by Gasteiger charge is 2.26. The quantitative estimate of drug-likeness (QED) is 0.927. The van der Waals surface area contributed by atoms with Gasteiger partial charge in [0.25, 0.3) is 0 Å². The molecule has 1 aromatic rings. The number of hydrazine groups is 1. The van der Waals surface area contributed by atoms with E-state index in [2.05, 4.69) is 31.2 Å². The number of benzene rings is 1. The molecule has 1 aromatic carbocycles. The molecule has 2 rings (SSSR count). The fourth-order valence-electron chi connectivity index (χ4n) is 2.65. The van der Waals surface area contributed by atoms with Gasteiger partial charge in [-0.2, -0.15) is 0 Å². The molecule has 1 saturated heterocycles. The molecule has 1 heterocycles. The van der Waals surface area contributed by atoms with E-state index >= 15 is 0 Å². The normalized spacial score (nSPS) is 18.7. The maximum absolute atomic E-state index is 12.6. The van der Waals surface area contributed by atoms with Crippen LogP contribution in [0.15, 0.2) is 24.3 Å². The van der Waals surface area contributed by atoms with Crippen LogP contribution in [0.5, 0.6) is 0 Å². The van der Waals surface area contributed by atoms with Crippen LogP contribution in [0.3, 0.4) is 0 Å². The first-order valence-corrected chi connectivity index (χ1v) is 7.84. The van der Waals surface area contributed by atoms with E-state index in [1.54, 1.807) is 0 Å². The number of amides is 1. The maximum atomic E-state index is 12.6. The molecular formula is C16H24ClN3O. The average Bonchev–Trinajstić information content (AvgIpc) is 2.43. The van der Waals surface area contributed by atoms with Crippen LogP contribution >= 0.6 is 11.6 Å². The lowest BCUT2D eigenvalue weighted by atomic mass is 9.88. The lowest BCUT2D eigenvalue weighted by Gasteiger charge is -2.34. The van der Waals surface area contributed by atoms with E-state index < -0.39 is 0 Å². The van der Waals surface area contributed by atoms with Gasteiger partial charge in [0.05, 0.1) is 5.92 Å². The van der Waals surface area contributed by atoms with Crippen molar-refractivity contribution in [3.8, 4) is 0 Å². The molecule has 0 unspecified atom stereocenters. The summed E-state index contributed by atoms with van der Waals surface area (Å²) in [5.74, 6) is 0.150. The third-order valence-electron chi connectivity index (χ3n) is 3.95. The number of rotatable bonds is 4. The van der Waals surface area contributed by atoms with Crippen LogP contribution in [0.2, 0.25) is 5.02 Å². The number of piperazine rings is 1. The summed E-state index contributed by atoms with van der Waals surface area (Å²) >= 11 is 5.93. The topological polar surface area (TPSA) is 35.6 Å². The van der Waals surface area contributed by atoms with E-state index in [1.807, 2.05) is 29.3 Å². The molecule has 4 nitrogen and oxygen atoms in total. The maximum Gasteiger partial charge on any atom is 0.242 e. The molecule has 0 spiro atoms. The number of carbonyl (C=O) groups is 1. The van der Waals surface area contributed by atoms with Crippen LogP contribution in [0.25, 0.3) is 0 Å². The van der Waals surface area contributed by atoms with E-state index in [-0.39, 0.29) is 17.7 Å². The summed E-state index contributed by atoms with van der Waals surface area (Å²) in [5.41, 5.74) is 4.08. The van der Waals surface area contributed by atoms with Gasteiger partial charge >= 0.3 is 0 Å². The van der Waals surface area contributed by atoms with Crippen LogP contribution in [0.1, 0.15) is 25.3 Å². The van der Waals surface area contributed by atoms with Crippen LogP contribution in [-0.4, -0.2) is 49.0 Å². The Morgan fingerprint density at radius 1 is 1.14 bits per heavy atom. The van der Waals surface area contributed by atoms with Gasteiger partial charge < -0.3 is 4.90 Å². The largest absolute Gasteiger partial charge is 0.304 e. The molecule has 0 saturated carbocycles. The Hall–Kier alpha value is -1.10. The highest BCUT2D eigenvalue weighted by Crippen LogP contribution is 2.26. The Morgan fingerprint density at radius 2 is 1.71 bits per heavy atom. The minimum atomic E-state index is -0.151. The van der Waals surface area contributed by atoms with Crippen molar-refractivity contribution in [1.29, 1.82) is 0 Å². The van der Waals surface area contributed by atoms with E-state index in [0.717, 1.165) is 31.7 Å². The Labute approximate surface area is 132 Å². The first kappa shape index (κ1) is 16.3. The third kappa shape index (κ3) is 4.43. The molecule has 116 valence electrons. The zero-order chi connectivity index (χ0) is 15.4. The predicted molar refractivity (Wildman–Crippen MR) is 86.2 cm³/mol. The van der Waals surface area contributed by atoms with E-state index in [1.165, 1.54) is 0 Å². The molecule has 0 bridgehead atoms. The minimum Gasteiger partial charge on any atom is -0.304 e. The van der Waals surface area contributed by atoms with Crippen LogP contribution in [0, 0.1) is 5.92 Å². The summed E-state index contributed by atoms with van der Waals surface area (Å²) in [6.07, 6.45) is 0. The lowest BCUT2D eigenvalue weighted by Crippen LogP contribution is -2.53. The molecule has 5 heteroatoms. The number of likely N-dealkylation sites (N-methyl/N-ethyl adjacent to an activating group) is 1. The number of hydrogen-bond acceptors (Lipinski definition) is 3. The zero-order valence-electron chi connectivity index (χ0n) is 13.0. The average molecular weight is 310 g/mol. The summed E-state index contributed by atoms with van der Waals surface area (Å²) in [6, 6.07) is 7.57. The van der Waals surface area contributed by atoms with Crippen molar-refractivity contribution in [2.75, 3.05) is 33.2 Å². The summed E-state index contributed by atoms with van der Waals surface area (Å²) in [6.45, 7) is 7.84. The van der Waals surface area contributed by atoms with Gasteiger partial charge in [-0.25, -0.2) is 5.01 Å². The second kappa shape index (κ2) is 7.25. The molecule has 0 aliphatic carbocycles. The second-order valence-electron chi connectivity index (χ2n) is 6.04. The second-order valence-corrected chi connectivity index (χ2v) is 6.48. The highest BCUT2D eigenvalue weighted by atomic mass is 35.5. The van der Waals surface area contributed by atoms with E-state index in [9.17, 15) is 4.79 Å². The molecule has 0 radical (unpaired) electrons. The fourth-order valence-corrected chi connectivity index (χ4v) is 2.78. The summed E-state index contributed by atoms with van der Waals surface area (Å²) in [5, 5.41) is 2.72. The molecule has 0 aromatic heterocycles. The number of hydrogen-bond donors (Lipinski definition) is 1. The number of halogens is 1. The minimum absolute atomic E-state index is 0.0666. The summed E-state index contributed by atoms with van der Waals surface area (Å²) < 4.78 is 0. The first-order valence-electron chi connectivity index (χ1n) is 7.47. The summed E-state index contributed by atoms with van der Waals surface area (Å²) in [4.78, 5) is 14.9. The third-order valence-corrected chi connectivity index (χ3v) is 4.20. The molecule has 21 heavy (non-hydrogen) atoms. The standard InChI is InChI=1S/C16H24ClN3O/c1-12(2)15(13-4-6-14(17)7-5-13)16(21)18-20-10-8-19(3)9-11-20/h4-7,12,15H,8-11H2,1-3H3,(H,18,21)/t15-/m1/s1. The van der Waals surface area contributed by atoms with Gasteiger partial charge in [0.15, 0.2) is 0 Å². The van der Waals surface area contributed by atoms with E-state index in [0.29, 0.717) is 5.02 Å². The highest BCUT2D eigenvalue weighted by molar-refractivity contribution is 6.30. The molecule has 1 N–H and O–H groups in total. The number of carbonyl (C=O) groups excluding carboxylic acids is 1. The lowest BCUT2D eigenvalue weighted by molar-refractivity contribution is -0.129. The van der Waals surface area contributed by atoms with Gasteiger partial charge in [-0.15, -0.1) is 0 Å². The number of nitrogens with one attached hydrogen (secondary N) is 1. The van der Waals surface area contributed by atoms with E-state index in [4.69, 9.17) is 11.6 Å². The van der Waals surface area contributed by atoms with Gasteiger partial charge in [-0.1, -0.05) is 37.6 Å². The zero-order valence-corrected chi connectivity index (χ0v) is 13.7. The van der Waals surface area contributed by atoms with Crippen molar-refractivity contribution < 1.29 is 4.79 Å². The molecule has 1 aliphatic heterocycles. The molecule has 1 atom stereocenters. The van der Waals surface area contributed by atoms with Gasteiger partial charge in [0.1, 0.15) is 0 Å². The van der Waals surface area contributed by atoms with Crippen molar-refractivity contribution in [2.24, 2.45) is 5.92 Å². The number of nitrogens with zero attached hydrogens (tertiary/aromatic N) is 2. The Balaban J connectivity index is 2.04. The predicted octanol–water partition coefficient (Wildman–Crippen LogP) is 2.36. The first-order chi connectivity index (χ1) is 9.97. The monoisotopic (exact) mass is 309 g/mol. The van der Waals surface area contributed by atoms with Gasteiger partial charge in [-0.05, 0) is 30.7 Å². The molecule has 1 amide bonds. The van der Waals surface area contributed by atoms with Gasteiger partial charge in [0, 0.05) is 31.2 Å². The SMILES string of the molecule is CC(C)[C@@H](C(=O)NN1CCN(C)CC1)c1ccc(Cl)cc1. The molecule has 1 fully saturated rings. The van der Waals surface area contributed by atoms with Crippen LogP contribution in [0.4, 0.5) is 0 Å². The molecular weight excluding hydrogens is 286 g/mol. The van der Waals surface area contributed by atoms with Crippen molar-refractivity contribution in [3.05, 3.63) is 34.9 Å². The summed E-state index contributed by atoms with van der Waals surface area (Å²) in [7, 11) is 2.10. The van der Waals surface area contributed by atoms with Crippen LogP contribution < -0.4 is 5.43 Å². The van der Waals surface area contributed by atoms with Gasteiger partial charge in [0.2, 0.25) is 5.91 Å². The smallest absolute Gasteiger partial charge is 0.242 e.